The Hall–Kier alpha value is -6.96. The van der Waals surface area contributed by atoms with E-state index in [9.17, 15) is 0 Å². The smallest absolute Gasteiger partial charge is 0.0541 e. The lowest BCUT2D eigenvalue weighted by atomic mass is 9.88. The fraction of sp³-hybridized carbons (Fsp3) is 0.0189. The van der Waals surface area contributed by atoms with Crippen molar-refractivity contribution in [3.05, 3.63) is 223 Å². The van der Waals surface area contributed by atoms with E-state index in [0.29, 0.717) is 0 Å². The molecule has 1 aromatic heterocycles. The van der Waals surface area contributed by atoms with Gasteiger partial charge in [-0.3, -0.25) is 0 Å². The zero-order valence-corrected chi connectivity index (χ0v) is 29.7. The van der Waals surface area contributed by atoms with Gasteiger partial charge in [-0.2, -0.15) is 0 Å². The summed E-state index contributed by atoms with van der Waals surface area (Å²) in [5.74, 6) is 0.208. The van der Waals surface area contributed by atoms with E-state index in [4.69, 9.17) is 0 Å². The van der Waals surface area contributed by atoms with Gasteiger partial charge in [0.2, 0.25) is 0 Å². The maximum atomic E-state index is 2.43. The molecule has 0 N–H and O–H groups in total. The van der Waals surface area contributed by atoms with E-state index in [0.717, 1.165) is 5.69 Å². The SMILES string of the molecule is c1ccc(-c2ccc(C3c4ccccc4-c4cc(-c5ccc6c(c5)c5ccccc5n6-c5cccc(-c6cccc7ccccc67)c5)ccc43)cc2)cc1. The fourth-order valence-corrected chi connectivity index (χ4v) is 8.96. The summed E-state index contributed by atoms with van der Waals surface area (Å²) >= 11 is 0. The molecule has 0 saturated carbocycles. The summed E-state index contributed by atoms with van der Waals surface area (Å²) in [4.78, 5) is 0. The molecule has 0 aliphatic heterocycles. The molecule has 1 heteroatoms. The number of hydrogen-bond acceptors (Lipinski definition) is 0. The number of nitrogens with zero attached hydrogens (tertiary/aromatic N) is 1. The van der Waals surface area contributed by atoms with Crippen molar-refractivity contribution in [2.24, 2.45) is 0 Å². The third kappa shape index (κ3) is 4.86. The zero-order valence-electron chi connectivity index (χ0n) is 29.7. The van der Waals surface area contributed by atoms with Crippen molar-refractivity contribution in [1.29, 1.82) is 0 Å². The van der Waals surface area contributed by atoms with Gasteiger partial charge in [0.15, 0.2) is 0 Å². The van der Waals surface area contributed by atoms with Crippen molar-refractivity contribution in [1.82, 2.24) is 4.57 Å². The van der Waals surface area contributed by atoms with Crippen LogP contribution >= 0.6 is 0 Å². The molecule has 0 bridgehead atoms. The Kier molecular flexibility index (Phi) is 7.00. The number of para-hydroxylation sites is 1. The number of benzene rings is 9. The first-order chi connectivity index (χ1) is 26.8. The molecule has 9 aromatic carbocycles. The summed E-state index contributed by atoms with van der Waals surface area (Å²) in [5.41, 5.74) is 17.7. The van der Waals surface area contributed by atoms with E-state index in [1.807, 2.05) is 0 Å². The molecule has 1 nitrogen and oxygen atoms in total. The highest BCUT2D eigenvalue weighted by Gasteiger charge is 2.30. The maximum Gasteiger partial charge on any atom is 0.0541 e. The fourth-order valence-electron chi connectivity index (χ4n) is 8.96. The predicted molar refractivity (Wildman–Crippen MR) is 227 cm³/mol. The van der Waals surface area contributed by atoms with Gasteiger partial charge in [0.05, 0.1) is 11.0 Å². The van der Waals surface area contributed by atoms with E-state index < -0.39 is 0 Å². The van der Waals surface area contributed by atoms with Gasteiger partial charge >= 0.3 is 0 Å². The van der Waals surface area contributed by atoms with Gasteiger partial charge in [0.25, 0.3) is 0 Å². The standard InChI is InChI=1S/C53H35N/c1-2-12-35(13-3-1)36-24-26-38(27-25-36)53-47-21-7-6-19-45(47)49-33-39(28-30-48(49)53)40-29-31-52-50(34-40)46-20-8-9-23-51(46)54(52)42-17-10-16-41(32-42)44-22-11-15-37-14-4-5-18-43(37)44/h1-34,53H. The zero-order chi connectivity index (χ0) is 35.6. The molecule has 10 aromatic rings. The first-order valence-electron chi connectivity index (χ1n) is 18.8. The van der Waals surface area contributed by atoms with E-state index >= 15 is 0 Å². The van der Waals surface area contributed by atoms with Crippen LogP contribution in [0.5, 0.6) is 0 Å². The Bertz CT molecular complexity index is 3030. The van der Waals surface area contributed by atoms with Gasteiger partial charge in [-0.25, -0.2) is 0 Å². The maximum absolute atomic E-state index is 2.43. The van der Waals surface area contributed by atoms with E-state index in [1.54, 1.807) is 0 Å². The van der Waals surface area contributed by atoms with Gasteiger partial charge < -0.3 is 4.57 Å². The summed E-state index contributed by atoms with van der Waals surface area (Å²) in [7, 11) is 0. The minimum atomic E-state index is 0.208. The topological polar surface area (TPSA) is 4.93 Å². The average Bonchev–Trinajstić information content (AvgIpc) is 3.76. The number of fused-ring (bicyclic) bond motifs is 7. The van der Waals surface area contributed by atoms with Crippen LogP contribution in [0.2, 0.25) is 0 Å². The molecule has 252 valence electrons. The van der Waals surface area contributed by atoms with Gasteiger partial charge in [-0.05, 0) is 108 Å². The summed E-state index contributed by atoms with van der Waals surface area (Å²) in [6.45, 7) is 0. The second-order valence-corrected chi connectivity index (χ2v) is 14.5. The molecule has 1 atom stereocenters. The average molecular weight is 686 g/mol. The van der Waals surface area contributed by atoms with E-state index in [2.05, 4.69) is 211 Å². The molecule has 0 saturated heterocycles. The second kappa shape index (κ2) is 12.3. The Morgan fingerprint density at radius 3 is 1.83 bits per heavy atom. The Morgan fingerprint density at radius 2 is 0.926 bits per heavy atom. The van der Waals surface area contributed by atoms with Crippen LogP contribution in [0.25, 0.3) is 82.8 Å². The number of hydrogen-bond donors (Lipinski definition) is 0. The van der Waals surface area contributed by atoms with Crippen molar-refractivity contribution in [3.63, 3.8) is 0 Å². The number of rotatable bonds is 5. The summed E-state index contributed by atoms with van der Waals surface area (Å²) in [6, 6.07) is 75.9. The molecule has 1 aliphatic carbocycles. The van der Waals surface area contributed by atoms with Gasteiger partial charge in [0.1, 0.15) is 0 Å². The summed E-state index contributed by atoms with van der Waals surface area (Å²) in [5, 5.41) is 5.05. The normalized spacial score (nSPS) is 13.4. The minimum Gasteiger partial charge on any atom is -0.309 e. The Labute approximate surface area is 315 Å². The van der Waals surface area contributed by atoms with E-state index in [1.165, 1.54) is 93.8 Å². The second-order valence-electron chi connectivity index (χ2n) is 14.5. The molecule has 0 amide bonds. The predicted octanol–water partition coefficient (Wildman–Crippen LogP) is 14.1. The van der Waals surface area contributed by atoms with Gasteiger partial charge in [-0.15, -0.1) is 0 Å². The lowest BCUT2D eigenvalue weighted by Gasteiger charge is -2.15. The third-order valence-corrected chi connectivity index (χ3v) is 11.5. The molecule has 1 unspecified atom stereocenters. The summed E-state index contributed by atoms with van der Waals surface area (Å²) in [6.07, 6.45) is 0. The molecule has 0 fully saturated rings. The molecular weight excluding hydrogens is 651 g/mol. The molecule has 0 spiro atoms. The lowest BCUT2D eigenvalue weighted by Crippen LogP contribution is -1.99. The third-order valence-electron chi connectivity index (χ3n) is 11.5. The van der Waals surface area contributed by atoms with Gasteiger partial charge in [-0.1, -0.05) is 170 Å². The molecule has 11 rings (SSSR count). The molecule has 1 aliphatic rings. The van der Waals surface area contributed by atoms with Crippen molar-refractivity contribution in [3.8, 4) is 50.2 Å². The van der Waals surface area contributed by atoms with Crippen LogP contribution in [0, 0.1) is 0 Å². The van der Waals surface area contributed by atoms with Crippen LogP contribution in [-0.2, 0) is 0 Å². The monoisotopic (exact) mass is 685 g/mol. The Morgan fingerprint density at radius 1 is 0.315 bits per heavy atom. The Balaban J connectivity index is 1.01. The molecule has 1 heterocycles. The van der Waals surface area contributed by atoms with Crippen LogP contribution in [0.4, 0.5) is 0 Å². The van der Waals surface area contributed by atoms with Crippen molar-refractivity contribution in [2.45, 2.75) is 5.92 Å². The minimum absolute atomic E-state index is 0.208. The van der Waals surface area contributed by atoms with Crippen LogP contribution in [0.1, 0.15) is 22.6 Å². The van der Waals surface area contributed by atoms with Gasteiger partial charge in [0, 0.05) is 22.4 Å². The first kappa shape index (κ1) is 30.6. The van der Waals surface area contributed by atoms with Crippen LogP contribution < -0.4 is 0 Å². The molecular formula is C53H35N. The highest BCUT2D eigenvalue weighted by atomic mass is 15.0. The van der Waals surface area contributed by atoms with Crippen molar-refractivity contribution < 1.29 is 0 Å². The van der Waals surface area contributed by atoms with E-state index in [-0.39, 0.29) is 5.92 Å². The largest absolute Gasteiger partial charge is 0.309 e. The summed E-state index contributed by atoms with van der Waals surface area (Å²) < 4.78 is 2.43. The molecule has 54 heavy (non-hydrogen) atoms. The van der Waals surface area contributed by atoms with Crippen LogP contribution in [-0.4, -0.2) is 4.57 Å². The van der Waals surface area contributed by atoms with Crippen molar-refractivity contribution in [2.75, 3.05) is 0 Å². The van der Waals surface area contributed by atoms with Crippen molar-refractivity contribution >= 4 is 32.6 Å². The number of aromatic nitrogens is 1. The van der Waals surface area contributed by atoms with Crippen LogP contribution in [0.3, 0.4) is 0 Å². The lowest BCUT2D eigenvalue weighted by molar-refractivity contribution is 1.02. The quantitative estimate of drug-likeness (QED) is 0.170. The first-order valence-corrected chi connectivity index (χ1v) is 18.8. The van der Waals surface area contributed by atoms with Crippen LogP contribution in [0.15, 0.2) is 206 Å². The highest BCUT2D eigenvalue weighted by molar-refractivity contribution is 6.10. The highest BCUT2D eigenvalue weighted by Crippen LogP contribution is 2.49. The molecule has 0 radical (unpaired) electrons.